The first kappa shape index (κ1) is 19.8. The van der Waals surface area contributed by atoms with Gasteiger partial charge < -0.3 is 14.9 Å². The van der Waals surface area contributed by atoms with Crippen molar-refractivity contribution in [3.63, 3.8) is 0 Å². The highest BCUT2D eigenvalue weighted by atomic mass is 19.1. The maximum Gasteiger partial charge on any atom is 0.295 e. The summed E-state index contributed by atoms with van der Waals surface area (Å²) in [6.45, 7) is 1.16. The standard InChI is InChI=1S/C22H23FN2O3/c1-24(2)13-6-14-25-19(15-7-4-3-5-8-15)18(21(27)22(25)28)20(26)16-9-11-17(23)12-10-16/h3-5,7-12,19,26H,6,13-14H2,1-2H3. The van der Waals surface area contributed by atoms with Gasteiger partial charge in [0.2, 0.25) is 0 Å². The zero-order valence-electron chi connectivity index (χ0n) is 15.9. The number of aliphatic hydroxyl groups is 1. The van der Waals surface area contributed by atoms with Crippen molar-refractivity contribution in [1.29, 1.82) is 0 Å². The molecule has 6 heteroatoms. The maximum atomic E-state index is 13.2. The van der Waals surface area contributed by atoms with Crippen LogP contribution in [0.25, 0.3) is 5.76 Å². The van der Waals surface area contributed by atoms with Crippen molar-refractivity contribution in [2.24, 2.45) is 0 Å². The molecule has 0 radical (unpaired) electrons. The Labute approximate surface area is 163 Å². The molecule has 5 nitrogen and oxygen atoms in total. The first-order valence-corrected chi connectivity index (χ1v) is 9.14. The number of Topliss-reactive ketones (excluding diaryl/α,β-unsaturated/α-hetero) is 1. The quantitative estimate of drug-likeness (QED) is 0.474. The normalized spacial score (nSPS) is 18.9. The summed E-state index contributed by atoms with van der Waals surface area (Å²) in [5, 5.41) is 10.8. The van der Waals surface area contributed by atoms with Crippen LogP contribution in [0.4, 0.5) is 4.39 Å². The fraction of sp³-hybridized carbons (Fsp3) is 0.273. The summed E-state index contributed by atoms with van der Waals surface area (Å²) in [5.41, 5.74) is 1.08. The lowest BCUT2D eigenvalue weighted by Gasteiger charge is -2.26. The number of nitrogens with zero attached hydrogens (tertiary/aromatic N) is 2. The molecule has 1 aliphatic heterocycles. The number of likely N-dealkylation sites (tertiary alicyclic amines) is 1. The van der Waals surface area contributed by atoms with Crippen LogP contribution in [0.2, 0.25) is 0 Å². The van der Waals surface area contributed by atoms with E-state index in [-0.39, 0.29) is 11.3 Å². The molecule has 0 spiro atoms. The van der Waals surface area contributed by atoms with Gasteiger partial charge in [-0.1, -0.05) is 30.3 Å². The highest BCUT2D eigenvalue weighted by Gasteiger charge is 2.45. The third kappa shape index (κ3) is 3.97. The number of halogens is 1. The lowest BCUT2D eigenvalue weighted by Crippen LogP contribution is -2.32. The van der Waals surface area contributed by atoms with E-state index in [4.69, 9.17) is 0 Å². The van der Waals surface area contributed by atoms with E-state index in [0.717, 1.165) is 12.1 Å². The third-order valence-corrected chi connectivity index (χ3v) is 4.78. The van der Waals surface area contributed by atoms with E-state index >= 15 is 0 Å². The molecular formula is C22H23FN2O3. The first-order valence-electron chi connectivity index (χ1n) is 9.14. The Balaban J connectivity index is 2.06. The monoisotopic (exact) mass is 382 g/mol. The van der Waals surface area contributed by atoms with E-state index in [9.17, 15) is 19.1 Å². The Morgan fingerprint density at radius 1 is 1.07 bits per heavy atom. The number of hydrogen-bond donors (Lipinski definition) is 1. The minimum Gasteiger partial charge on any atom is -0.507 e. The molecular weight excluding hydrogens is 359 g/mol. The van der Waals surface area contributed by atoms with Crippen molar-refractivity contribution in [1.82, 2.24) is 9.80 Å². The fourth-order valence-electron chi connectivity index (χ4n) is 3.41. The third-order valence-electron chi connectivity index (χ3n) is 4.78. The van der Waals surface area contributed by atoms with Crippen molar-refractivity contribution >= 4 is 17.4 Å². The van der Waals surface area contributed by atoms with Gasteiger partial charge in [-0.3, -0.25) is 9.59 Å². The molecule has 0 bridgehead atoms. The maximum absolute atomic E-state index is 13.2. The fourth-order valence-corrected chi connectivity index (χ4v) is 3.41. The van der Waals surface area contributed by atoms with Crippen molar-refractivity contribution < 1.29 is 19.1 Å². The summed E-state index contributed by atoms with van der Waals surface area (Å²) in [6, 6.07) is 13.7. The second-order valence-electron chi connectivity index (χ2n) is 7.07. The molecule has 146 valence electrons. The van der Waals surface area contributed by atoms with Crippen LogP contribution in [0, 0.1) is 5.82 Å². The molecule has 28 heavy (non-hydrogen) atoms. The van der Waals surface area contributed by atoms with Crippen molar-refractivity contribution in [2.45, 2.75) is 12.5 Å². The molecule has 1 heterocycles. The number of benzene rings is 2. The molecule has 2 aromatic rings. The number of carbonyl (C=O) groups is 2. The zero-order valence-corrected chi connectivity index (χ0v) is 15.9. The van der Waals surface area contributed by atoms with Gasteiger partial charge in [-0.25, -0.2) is 4.39 Å². The molecule has 0 aromatic heterocycles. The van der Waals surface area contributed by atoms with E-state index in [1.807, 2.05) is 49.3 Å². The molecule has 1 saturated heterocycles. The molecule has 0 saturated carbocycles. The average molecular weight is 382 g/mol. The predicted octanol–water partition coefficient (Wildman–Crippen LogP) is 3.20. The average Bonchev–Trinajstić information content (AvgIpc) is 2.93. The predicted molar refractivity (Wildman–Crippen MR) is 105 cm³/mol. The molecule has 3 rings (SSSR count). The Morgan fingerprint density at radius 2 is 1.71 bits per heavy atom. The van der Waals surface area contributed by atoms with Gasteiger partial charge >= 0.3 is 0 Å². The van der Waals surface area contributed by atoms with Gasteiger partial charge in [0.1, 0.15) is 11.6 Å². The van der Waals surface area contributed by atoms with Crippen LogP contribution in [0.5, 0.6) is 0 Å². The van der Waals surface area contributed by atoms with Crippen molar-refractivity contribution in [3.05, 3.63) is 77.1 Å². The van der Waals surface area contributed by atoms with Crippen LogP contribution >= 0.6 is 0 Å². The molecule has 1 N–H and O–H groups in total. The minimum atomic E-state index is -0.722. The number of aliphatic hydroxyl groups excluding tert-OH is 1. The molecule has 2 aromatic carbocycles. The molecule has 1 aliphatic rings. The van der Waals surface area contributed by atoms with Crippen LogP contribution < -0.4 is 0 Å². The van der Waals surface area contributed by atoms with Crippen LogP contribution in [0.3, 0.4) is 0 Å². The van der Waals surface area contributed by atoms with Gasteiger partial charge in [0.25, 0.3) is 11.7 Å². The van der Waals surface area contributed by atoms with Gasteiger partial charge in [0.05, 0.1) is 11.6 Å². The van der Waals surface area contributed by atoms with Gasteiger partial charge in [-0.15, -0.1) is 0 Å². The number of carbonyl (C=O) groups excluding carboxylic acids is 2. The molecule has 1 atom stereocenters. The van der Waals surface area contributed by atoms with Crippen LogP contribution in [0.15, 0.2) is 60.2 Å². The van der Waals surface area contributed by atoms with E-state index in [0.29, 0.717) is 18.5 Å². The SMILES string of the molecule is CN(C)CCCN1C(=O)C(=O)C(=C(O)c2ccc(F)cc2)C1c1ccccc1. The number of amides is 1. The Bertz CT molecular complexity index is 892. The molecule has 1 unspecified atom stereocenters. The van der Waals surface area contributed by atoms with Gasteiger partial charge in [0, 0.05) is 12.1 Å². The highest BCUT2D eigenvalue weighted by Crippen LogP contribution is 2.39. The lowest BCUT2D eigenvalue weighted by molar-refractivity contribution is -0.139. The number of rotatable bonds is 6. The molecule has 1 amide bonds. The van der Waals surface area contributed by atoms with Crippen LogP contribution in [-0.4, -0.2) is 53.8 Å². The largest absolute Gasteiger partial charge is 0.507 e. The Morgan fingerprint density at radius 3 is 2.32 bits per heavy atom. The first-order chi connectivity index (χ1) is 13.4. The number of ketones is 1. The second kappa shape index (κ2) is 8.35. The highest BCUT2D eigenvalue weighted by molar-refractivity contribution is 6.46. The van der Waals surface area contributed by atoms with E-state index in [1.165, 1.54) is 29.2 Å². The van der Waals surface area contributed by atoms with E-state index < -0.39 is 23.5 Å². The summed E-state index contributed by atoms with van der Waals surface area (Å²) in [6.07, 6.45) is 0.694. The molecule has 0 aliphatic carbocycles. The Hall–Kier alpha value is -2.99. The van der Waals surface area contributed by atoms with Crippen molar-refractivity contribution in [2.75, 3.05) is 27.2 Å². The zero-order chi connectivity index (χ0) is 20.3. The minimum absolute atomic E-state index is 0.0349. The smallest absolute Gasteiger partial charge is 0.295 e. The van der Waals surface area contributed by atoms with Crippen LogP contribution in [-0.2, 0) is 9.59 Å². The topological polar surface area (TPSA) is 60.9 Å². The molecule has 1 fully saturated rings. The van der Waals surface area contributed by atoms with Gasteiger partial charge in [-0.05, 0) is 56.9 Å². The van der Waals surface area contributed by atoms with Gasteiger partial charge in [0.15, 0.2) is 0 Å². The van der Waals surface area contributed by atoms with Crippen LogP contribution in [0.1, 0.15) is 23.6 Å². The Kier molecular flexibility index (Phi) is 5.90. The summed E-state index contributed by atoms with van der Waals surface area (Å²) in [5.74, 6) is -2.08. The lowest BCUT2D eigenvalue weighted by atomic mass is 9.95. The summed E-state index contributed by atoms with van der Waals surface area (Å²) < 4.78 is 13.2. The van der Waals surface area contributed by atoms with E-state index in [2.05, 4.69) is 0 Å². The van der Waals surface area contributed by atoms with Crippen molar-refractivity contribution in [3.8, 4) is 0 Å². The van der Waals surface area contributed by atoms with E-state index in [1.54, 1.807) is 0 Å². The van der Waals surface area contributed by atoms with Gasteiger partial charge in [-0.2, -0.15) is 0 Å². The summed E-state index contributed by atoms with van der Waals surface area (Å²) in [4.78, 5) is 29.0. The second-order valence-corrected chi connectivity index (χ2v) is 7.07. The number of hydrogen-bond acceptors (Lipinski definition) is 4. The summed E-state index contributed by atoms with van der Waals surface area (Å²) in [7, 11) is 3.88. The summed E-state index contributed by atoms with van der Waals surface area (Å²) >= 11 is 0.